The van der Waals surface area contributed by atoms with Gasteiger partial charge in [-0.1, -0.05) is 20.8 Å². The standard InChI is InChI=1S/C12H16FNO3S/c1-12(2,3)11(15)14-10-6-5-8(7-9(10)13)18(4,16)17/h5-7H,1-4H3,(H,14,15). The smallest absolute Gasteiger partial charge is 0.229 e. The molecule has 100 valence electrons. The molecule has 0 heterocycles. The van der Waals surface area contributed by atoms with Gasteiger partial charge in [-0.2, -0.15) is 0 Å². The van der Waals surface area contributed by atoms with E-state index >= 15 is 0 Å². The van der Waals surface area contributed by atoms with Gasteiger partial charge < -0.3 is 5.32 Å². The highest BCUT2D eigenvalue weighted by Crippen LogP contribution is 2.22. The Morgan fingerprint density at radius 1 is 1.28 bits per heavy atom. The molecule has 0 aromatic heterocycles. The molecule has 0 saturated heterocycles. The first kappa shape index (κ1) is 14.6. The van der Waals surface area contributed by atoms with Gasteiger partial charge in [0.1, 0.15) is 5.82 Å². The van der Waals surface area contributed by atoms with Crippen LogP contribution in [0.2, 0.25) is 0 Å². The number of nitrogens with one attached hydrogen (secondary N) is 1. The first-order valence-electron chi connectivity index (χ1n) is 5.33. The van der Waals surface area contributed by atoms with E-state index < -0.39 is 21.1 Å². The lowest BCUT2D eigenvalue weighted by atomic mass is 9.95. The Kier molecular flexibility index (Phi) is 3.81. The Balaban J connectivity index is 3.05. The molecule has 0 aliphatic carbocycles. The Morgan fingerprint density at radius 2 is 1.83 bits per heavy atom. The van der Waals surface area contributed by atoms with Crippen LogP contribution in [0.5, 0.6) is 0 Å². The van der Waals surface area contributed by atoms with Crippen molar-refractivity contribution >= 4 is 21.4 Å². The van der Waals surface area contributed by atoms with Crippen molar-refractivity contribution in [3.63, 3.8) is 0 Å². The summed E-state index contributed by atoms with van der Waals surface area (Å²) in [5.41, 5.74) is -0.676. The van der Waals surface area contributed by atoms with Gasteiger partial charge in [0.25, 0.3) is 0 Å². The summed E-state index contributed by atoms with van der Waals surface area (Å²) in [5, 5.41) is 2.42. The van der Waals surface area contributed by atoms with Gasteiger partial charge in [-0.05, 0) is 18.2 Å². The second-order valence-corrected chi connectivity index (χ2v) is 7.13. The van der Waals surface area contributed by atoms with Crippen LogP contribution in [0.25, 0.3) is 0 Å². The number of hydrogen-bond donors (Lipinski definition) is 1. The number of carbonyl (C=O) groups is 1. The highest BCUT2D eigenvalue weighted by Gasteiger charge is 2.22. The van der Waals surface area contributed by atoms with Crippen molar-refractivity contribution in [3.8, 4) is 0 Å². The van der Waals surface area contributed by atoms with Gasteiger partial charge in [0.05, 0.1) is 10.6 Å². The number of carbonyl (C=O) groups excluding carboxylic acids is 1. The van der Waals surface area contributed by atoms with Crippen molar-refractivity contribution in [2.24, 2.45) is 5.41 Å². The zero-order valence-electron chi connectivity index (χ0n) is 10.7. The van der Waals surface area contributed by atoms with E-state index in [-0.39, 0.29) is 16.5 Å². The second-order valence-electron chi connectivity index (χ2n) is 5.12. The topological polar surface area (TPSA) is 63.2 Å². The van der Waals surface area contributed by atoms with Crippen LogP contribution >= 0.6 is 0 Å². The first-order chi connectivity index (χ1) is 8.01. The van der Waals surface area contributed by atoms with Gasteiger partial charge in [0.2, 0.25) is 5.91 Å². The van der Waals surface area contributed by atoms with E-state index in [1.807, 2.05) is 0 Å². The predicted molar refractivity (Wildman–Crippen MR) is 67.6 cm³/mol. The number of sulfone groups is 1. The summed E-state index contributed by atoms with van der Waals surface area (Å²) < 4.78 is 36.1. The molecule has 6 heteroatoms. The molecule has 0 bridgehead atoms. The molecule has 1 amide bonds. The van der Waals surface area contributed by atoms with E-state index in [2.05, 4.69) is 5.32 Å². The highest BCUT2D eigenvalue weighted by molar-refractivity contribution is 7.90. The minimum atomic E-state index is -3.45. The summed E-state index contributed by atoms with van der Waals surface area (Å²) in [6.07, 6.45) is 0.995. The van der Waals surface area contributed by atoms with Gasteiger partial charge >= 0.3 is 0 Å². The van der Waals surface area contributed by atoms with Crippen molar-refractivity contribution in [1.82, 2.24) is 0 Å². The number of amides is 1. The average molecular weight is 273 g/mol. The fraction of sp³-hybridized carbons (Fsp3) is 0.417. The third-order valence-corrected chi connectivity index (χ3v) is 3.41. The first-order valence-corrected chi connectivity index (χ1v) is 7.22. The van der Waals surface area contributed by atoms with Crippen molar-refractivity contribution in [1.29, 1.82) is 0 Å². The minimum absolute atomic E-state index is 0.0256. The molecule has 0 atom stereocenters. The summed E-state index contributed by atoms with van der Waals surface area (Å²) in [7, 11) is -3.45. The van der Waals surface area contributed by atoms with Crippen LogP contribution in [0.4, 0.5) is 10.1 Å². The van der Waals surface area contributed by atoms with Crippen molar-refractivity contribution in [3.05, 3.63) is 24.0 Å². The molecular weight excluding hydrogens is 257 g/mol. The monoisotopic (exact) mass is 273 g/mol. The van der Waals surface area contributed by atoms with Gasteiger partial charge in [-0.15, -0.1) is 0 Å². The van der Waals surface area contributed by atoms with E-state index in [0.29, 0.717) is 0 Å². The summed E-state index contributed by atoms with van der Waals surface area (Å²) in [6.45, 7) is 5.10. The molecular formula is C12H16FNO3S. The lowest BCUT2D eigenvalue weighted by Gasteiger charge is -2.18. The number of anilines is 1. The third kappa shape index (κ3) is 3.53. The predicted octanol–water partition coefficient (Wildman–Crippen LogP) is 2.21. The quantitative estimate of drug-likeness (QED) is 0.898. The number of rotatable bonds is 2. The van der Waals surface area contributed by atoms with E-state index in [1.165, 1.54) is 12.1 Å². The third-order valence-electron chi connectivity index (χ3n) is 2.30. The fourth-order valence-electron chi connectivity index (χ4n) is 1.14. The Labute approximate surface area is 106 Å². The molecule has 0 saturated carbocycles. The molecule has 4 nitrogen and oxygen atoms in total. The molecule has 0 spiro atoms. The summed E-state index contributed by atoms with van der Waals surface area (Å²) >= 11 is 0. The molecule has 18 heavy (non-hydrogen) atoms. The van der Waals surface area contributed by atoms with Crippen LogP contribution in [0.3, 0.4) is 0 Å². The van der Waals surface area contributed by atoms with E-state index in [9.17, 15) is 17.6 Å². The lowest BCUT2D eigenvalue weighted by molar-refractivity contribution is -0.123. The number of halogens is 1. The maximum absolute atomic E-state index is 13.6. The summed E-state index contributed by atoms with van der Waals surface area (Å²) in [4.78, 5) is 11.6. The minimum Gasteiger partial charge on any atom is -0.323 e. The van der Waals surface area contributed by atoms with E-state index in [4.69, 9.17) is 0 Å². The van der Waals surface area contributed by atoms with Crippen LogP contribution < -0.4 is 5.32 Å². The maximum Gasteiger partial charge on any atom is 0.229 e. The Morgan fingerprint density at radius 3 is 2.22 bits per heavy atom. The van der Waals surface area contributed by atoms with Crippen molar-refractivity contribution < 1.29 is 17.6 Å². The molecule has 1 N–H and O–H groups in total. The SMILES string of the molecule is CC(C)(C)C(=O)Nc1ccc(S(C)(=O)=O)cc1F. The largest absolute Gasteiger partial charge is 0.323 e. The zero-order valence-corrected chi connectivity index (χ0v) is 11.6. The molecule has 1 aromatic rings. The number of hydrogen-bond acceptors (Lipinski definition) is 3. The van der Waals surface area contributed by atoms with Crippen molar-refractivity contribution in [2.45, 2.75) is 25.7 Å². The lowest BCUT2D eigenvalue weighted by Crippen LogP contribution is -2.28. The zero-order chi connectivity index (χ0) is 14.1. The van der Waals surface area contributed by atoms with Gasteiger partial charge in [-0.3, -0.25) is 4.79 Å². The fourth-order valence-corrected chi connectivity index (χ4v) is 1.77. The summed E-state index contributed by atoms with van der Waals surface area (Å²) in [6, 6.07) is 3.40. The average Bonchev–Trinajstić information content (AvgIpc) is 2.17. The number of benzene rings is 1. The highest BCUT2D eigenvalue weighted by atomic mass is 32.2. The summed E-state index contributed by atoms with van der Waals surface area (Å²) in [5.74, 6) is -1.11. The van der Waals surface area contributed by atoms with Crippen LogP contribution in [-0.4, -0.2) is 20.6 Å². The van der Waals surface area contributed by atoms with Crippen LogP contribution in [0.1, 0.15) is 20.8 Å². The molecule has 1 rings (SSSR count). The Hall–Kier alpha value is -1.43. The van der Waals surface area contributed by atoms with Gasteiger partial charge in [0, 0.05) is 11.7 Å². The van der Waals surface area contributed by atoms with Gasteiger partial charge in [0.15, 0.2) is 9.84 Å². The molecule has 0 aliphatic rings. The van der Waals surface area contributed by atoms with E-state index in [0.717, 1.165) is 12.3 Å². The Bertz CT molecular complexity index is 573. The van der Waals surface area contributed by atoms with Crippen molar-refractivity contribution in [2.75, 3.05) is 11.6 Å². The molecule has 0 fully saturated rings. The maximum atomic E-state index is 13.6. The van der Waals surface area contributed by atoms with Crippen LogP contribution in [0.15, 0.2) is 23.1 Å². The second kappa shape index (κ2) is 4.68. The molecule has 0 radical (unpaired) electrons. The van der Waals surface area contributed by atoms with Crippen LogP contribution in [-0.2, 0) is 14.6 Å². The van der Waals surface area contributed by atoms with Gasteiger partial charge in [-0.25, -0.2) is 12.8 Å². The van der Waals surface area contributed by atoms with Crippen LogP contribution in [0, 0.1) is 11.2 Å². The molecule has 0 unspecified atom stereocenters. The molecule has 0 aliphatic heterocycles. The van der Waals surface area contributed by atoms with E-state index in [1.54, 1.807) is 20.8 Å². The molecule has 1 aromatic carbocycles. The normalized spacial score (nSPS) is 12.3.